The van der Waals surface area contributed by atoms with E-state index in [4.69, 9.17) is 16.3 Å². The van der Waals surface area contributed by atoms with Gasteiger partial charge in [-0.25, -0.2) is 0 Å². The number of hydrogen-bond donors (Lipinski definition) is 0. The first-order valence-corrected chi connectivity index (χ1v) is 5.83. The Bertz CT molecular complexity index is 604. The highest BCUT2D eigenvalue weighted by atomic mass is 35.5. The number of carbonyl (C=O) groups is 1. The molecule has 96 valence electrons. The first-order chi connectivity index (χ1) is 8.58. The Morgan fingerprint density at radius 1 is 1.39 bits per heavy atom. The monoisotopic (exact) mass is 267 g/mol. The van der Waals surface area contributed by atoms with Gasteiger partial charge in [-0.1, -0.05) is 11.6 Å². The van der Waals surface area contributed by atoms with Gasteiger partial charge in [-0.05, 0) is 17.7 Å². The van der Waals surface area contributed by atoms with E-state index < -0.39 is 0 Å². The third kappa shape index (κ3) is 2.04. The van der Waals surface area contributed by atoms with E-state index in [9.17, 15) is 4.79 Å². The molecule has 4 nitrogen and oxygen atoms in total. The highest BCUT2D eigenvalue weighted by Crippen LogP contribution is 2.35. The molecule has 5 heteroatoms. The van der Waals surface area contributed by atoms with Crippen LogP contribution in [-0.4, -0.2) is 24.8 Å². The van der Waals surface area contributed by atoms with Gasteiger partial charge in [0, 0.05) is 18.6 Å². The van der Waals surface area contributed by atoms with Crippen LogP contribution in [0.5, 0.6) is 5.75 Å². The van der Waals surface area contributed by atoms with Crippen molar-refractivity contribution in [2.24, 2.45) is 7.05 Å². The summed E-state index contributed by atoms with van der Waals surface area (Å²) in [5.41, 5.74) is 1.71. The topological polar surface area (TPSA) is 40.5 Å². The molecule has 0 saturated carbocycles. The molecule has 0 unspecified atom stereocenters. The van der Waals surface area contributed by atoms with Crippen LogP contribution in [0.4, 0.5) is 0 Å². The molecule has 2 rings (SSSR count). The van der Waals surface area contributed by atoms with Crippen LogP contribution >= 0.6 is 11.6 Å². The van der Waals surface area contributed by atoms with Crippen LogP contribution in [0.25, 0.3) is 10.9 Å². The normalized spacial score (nSPS) is 10.7. The second kappa shape index (κ2) is 4.90. The molecule has 0 radical (unpaired) electrons. The second-order valence-electron chi connectivity index (χ2n) is 3.99. The molecule has 0 amide bonds. The molecule has 2 aromatic rings. The van der Waals surface area contributed by atoms with Crippen molar-refractivity contribution in [1.29, 1.82) is 0 Å². The third-order valence-corrected chi connectivity index (χ3v) is 3.21. The lowest BCUT2D eigenvalue weighted by Gasteiger charge is -2.06. The Hall–Kier alpha value is -1.68. The number of aryl methyl sites for hydroxylation is 1. The van der Waals surface area contributed by atoms with Crippen LogP contribution in [0.1, 0.15) is 5.56 Å². The van der Waals surface area contributed by atoms with Crippen molar-refractivity contribution in [1.82, 2.24) is 4.57 Å². The quantitative estimate of drug-likeness (QED) is 0.803. The maximum atomic E-state index is 11.4. The molecule has 0 aliphatic rings. The van der Waals surface area contributed by atoms with Gasteiger partial charge in [0.15, 0.2) is 0 Å². The van der Waals surface area contributed by atoms with E-state index in [2.05, 4.69) is 4.74 Å². The van der Waals surface area contributed by atoms with E-state index in [-0.39, 0.29) is 12.4 Å². The SMILES string of the molecule is COC(=O)Cc1cn(C)c2c(OC)ccc(Cl)c12. The molecule has 0 aliphatic carbocycles. The van der Waals surface area contributed by atoms with E-state index in [1.165, 1.54) is 7.11 Å². The van der Waals surface area contributed by atoms with Gasteiger partial charge in [-0.3, -0.25) is 4.79 Å². The zero-order chi connectivity index (χ0) is 13.3. The lowest BCUT2D eigenvalue weighted by atomic mass is 10.1. The first kappa shape index (κ1) is 12.8. The molecule has 0 aliphatic heterocycles. The zero-order valence-corrected chi connectivity index (χ0v) is 11.2. The maximum Gasteiger partial charge on any atom is 0.310 e. The van der Waals surface area contributed by atoms with E-state index in [0.29, 0.717) is 5.02 Å². The van der Waals surface area contributed by atoms with E-state index >= 15 is 0 Å². The van der Waals surface area contributed by atoms with Crippen molar-refractivity contribution < 1.29 is 14.3 Å². The summed E-state index contributed by atoms with van der Waals surface area (Å²) in [6.45, 7) is 0. The van der Waals surface area contributed by atoms with Crippen LogP contribution in [0.2, 0.25) is 5.02 Å². The lowest BCUT2D eigenvalue weighted by Crippen LogP contribution is -2.03. The summed E-state index contributed by atoms with van der Waals surface area (Å²) in [6.07, 6.45) is 2.07. The van der Waals surface area contributed by atoms with Gasteiger partial charge in [0.05, 0.1) is 31.2 Å². The van der Waals surface area contributed by atoms with Crippen molar-refractivity contribution in [2.75, 3.05) is 14.2 Å². The van der Waals surface area contributed by atoms with Gasteiger partial charge >= 0.3 is 5.97 Å². The minimum Gasteiger partial charge on any atom is -0.495 e. The number of methoxy groups -OCH3 is 2. The predicted molar refractivity (Wildman–Crippen MR) is 70.2 cm³/mol. The summed E-state index contributed by atoms with van der Waals surface area (Å²) in [4.78, 5) is 11.4. The number of halogens is 1. The summed E-state index contributed by atoms with van der Waals surface area (Å²) in [5, 5.41) is 1.44. The minimum absolute atomic E-state index is 0.195. The van der Waals surface area contributed by atoms with Crippen molar-refractivity contribution in [3.8, 4) is 5.75 Å². The fourth-order valence-corrected chi connectivity index (χ4v) is 2.37. The van der Waals surface area contributed by atoms with E-state index in [1.54, 1.807) is 13.2 Å². The van der Waals surface area contributed by atoms with Crippen LogP contribution in [0.3, 0.4) is 0 Å². The molecule has 1 aromatic carbocycles. The van der Waals surface area contributed by atoms with Crippen molar-refractivity contribution in [3.05, 3.63) is 28.9 Å². The molecule has 0 bridgehead atoms. The van der Waals surface area contributed by atoms with E-state index in [0.717, 1.165) is 22.2 Å². The number of ether oxygens (including phenoxy) is 2. The fourth-order valence-electron chi connectivity index (χ4n) is 2.09. The Morgan fingerprint density at radius 3 is 2.72 bits per heavy atom. The van der Waals surface area contributed by atoms with Crippen LogP contribution in [-0.2, 0) is 23.0 Å². The van der Waals surface area contributed by atoms with Gasteiger partial charge in [-0.15, -0.1) is 0 Å². The molecule has 1 heterocycles. The van der Waals surface area contributed by atoms with Gasteiger partial charge in [0.1, 0.15) is 5.75 Å². The Balaban J connectivity index is 2.66. The fraction of sp³-hybridized carbons (Fsp3) is 0.308. The van der Waals surface area contributed by atoms with Crippen LogP contribution < -0.4 is 4.74 Å². The Labute approximate surface area is 110 Å². The Morgan fingerprint density at radius 2 is 2.11 bits per heavy atom. The van der Waals surface area contributed by atoms with E-state index in [1.807, 2.05) is 23.9 Å². The summed E-state index contributed by atoms with van der Waals surface area (Å²) < 4.78 is 11.9. The standard InChI is InChI=1S/C13H14ClNO3/c1-15-7-8(6-11(16)18-3)12-9(14)4-5-10(17-2)13(12)15/h4-5,7H,6H2,1-3H3. The molecular formula is C13H14ClNO3. The third-order valence-electron chi connectivity index (χ3n) is 2.90. The van der Waals surface area contributed by atoms with Gasteiger partial charge in [0.2, 0.25) is 0 Å². The molecule has 0 N–H and O–H groups in total. The highest BCUT2D eigenvalue weighted by molar-refractivity contribution is 6.36. The predicted octanol–water partition coefficient (Wildman–Crippen LogP) is 2.56. The second-order valence-corrected chi connectivity index (χ2v) is 4.40. The lowest BCUT2D eigenvalue weighted by molar-refractivity contribution is -0.139. The summed E-state index contributed by atoms with van der Waals surface area (Å²) in [7, 11) is 4.87. The summed E-state index contributed by atoms with van der Waals surface area (Å²) in [5.74, 6) is 0.439. The molecule has 18 heavy (non-hydrogen) atoms. The molecule has 0 atom stereocenters. The highest BCUT2D eigenvalue weighted by Gasteiger charge is 2.16. The first-order valence-electron chi connectivity index (χ1n) is 5.45. The molecule has 0 fully saturated rings. The van der Waals surface area contributed by atoms with Crippen molar-refractivity contribution in [3.63, 3.8) is 0 Å². The van der Waals surface area contributed by atoms with Crippen LogP contribution in [0.15, 0.2) is 18.3 Å². The molecule has 0 saturated heterocycles. The van der Waals surface area contributed by atoms with Crippen LogP contribution in [0, 0.1) is 0 Å². The minimum atomic E-state index is -0.290. The average Bonchev–Trinajstić information content (AvgIpc) is 2.68. The van der Waals surface area contributed by atoms with Crippen molar-refractivity contribution >= 4 is 28.5 Å². The molecule has 1 aromatic heterocycles. The zero-order valence-electron chi connectivity index (χ0n) is 10.5. The summed E-state index contributed by atoms with van der Waals surface area (Å²) >= 11 is 6.21. The number of fused-ring (bicyclic) bond motifs is 1. The average molecular weight is 268 g/mol. The maximum absolute atomic E-state index is 11.4. The van der Waals surface area contributed by atoms with Gasteiger partial charge in [0.25, 0.3) is 0 Å². The molecule has 0 spiro atoms. The number of nitrogens with zero attached hydrogens (tertiary/aromatic N) is 1. The number of aromatic nitrogens is 1. The largest absolute Gasteiger partial charge is 0.495 e. The number of esters is 1. The smallest absolute Gasteiger partial charge is 0.310 e. The van der Waals surface area contributed by atoms with Gasteiger partial charge < -0.3 is 14.0 Å². The Kier molecular flexibility index (Phi) is 3.48. The number of rotatable bonds is 3. The van der Waals surface area contributed by atoms with Gasteiger partial charge in [-0.2, -0.15) is 0 Å². The molecular weight excluding hydrogens is 254 g/mol. The summed E-state index contributed by atoms with van der Waals surface area (Å²) in [6, 6.07) is 3.58. The number of hydrogen-bond acceptors (Lipinski definition) is 3. The van der Waals surface area contributed by atoms with Crippen molar-refractivity contribution in [2.45, 2.75) is 6.42 Å². The number of carbonyl (C=O) groups excluding carboxylic acids is 1. The number of benzene rings is 1.